The number of rotatable bonds is 6. The van der Waals surface area contributed by atoms with Crippen LogP contribution in [0.4, 0.5) is 0 Å². The first-order chi connectivity index (χ1) is 9.23. The zero-order valence-electron chi connectivity index (χ0n) is 12.7. The Bertz CT molecular complexity index is 282. The smallest absolute Gasteiger partial charge is 0.127 e. The topological polar surface area (TPSA) is 23.6 Å². The minimum atomic E-state index is -0.0175. The summed E-state index contributed by atoms with van der Waals surface area (Å²) >= 11 is 0. The number of hydrogen-bond acceptors (Lipinski definition) is 3. The van der Waals surface area contributed by atoms with Gasteiger partial charge >= 0.3 is 0 Å². The van der Waals surface area contributed by atoms with E-state index in [0.717, 1.165) is 39.0 Å². The molecule has 2 fully saturated rings. The van der Waals surface area contributed by atoms with Crippen LogP contribution in [0.25, 0.3) is 0 Å². The first-order valence-corrected chi connectivity index (χ1v) is 8.16. The van der Waals surface area contributed by atoms with Gasteiger partial charge in [0, 0.05) is 24.5 Å². The minimum Gasteiger partial charge on any atom is -0.303 e. The van der Waals surface area contributed by atoms with Crippen LogP contribution in [0.3, 0.4) is 0 Å². The van der Waals surface area contributed by atoms with E-state index < -0.39 is 0 Å². The van der Waals surface area contributed by atoms with Gasteiger partial charge in [-0.25, -0.2) is 0 Å². The molecule has 0 radical (unpaired) electrons. The quantitative estimate of drug-likeness (QED) is 0.690. The SMILES string of the molecule is CCN(CC)C1CCN(CC2(C=O)CCCCC2)C1. The summed E-state index contributed by atoms with van der Waals surface area (Å²) in [6.45, 7) is 10.1. The van der Waals surface area contributed by atoms with Gasteiger partial charge in [-0.3, -0.25) is 4.90 Å². The number of hydrogen-bond donors (Lipinski definition) is 0. The minimum absolute atomic E-state index is 0.0175. The Labute approximate surface area is 118 Å². The second kappa shape index (κ2) is 6.85. The highest BCUT2D eigenvalue weighted by atomic mass is 16.1. The van der Waals surface area contributed by atoms with Crippen LogP contribution in [0, 0.1) is 5.41 Å². The second-order valence-electron chi connectivity index (χ2n) is 6.44. The lowest BCUT2D eigenvalue weighted by atomic mass is 9.75. The number of likely N-dealkylation sites (tertiary alicyclic amines) is 1. The summed E-state index contributed by atoms with van der Waals surface area (Å²) in [5.74, 6) is 0. The fourth-order valence-corrected chi connectivity index (χ4v) is 4.01. The fraction of sp³-hybridized carbons (Fsp3) is 0.938. The van der Waals surface area contributed by atoms with Crippen LogP contribution >= 0.6 is 0 Å². The zero-order valence-corrected chi connectivity index (χ0v) is 12.7. The van der Waals surface area contributed by atoms with Crippen molar-refractivity contribution in [1.82, 2.24) is 9.80 Å². The van der Waals surface area contributed by atoms with E-state index in [1.807, 2.05) is 0 Å². The Morgan fingerprint density at radius 2 is 1.89 bits per heavy atom. The average molecular weight is 266 g/mol. The maximum absolute atomic E-state index is 11.6. The summed E-state index contributed by atoms with van der Waals surface area (Å²) in [4.78, 5) is 16.7. The van der Waals surface area contributed by atoms with E-state index in [2.05, 4.69) is 23.6 Å². The van der Waals surface area contributed by atoms with E-state index in [-0.39, 0.29) is 5.41 Å². The van der Waals surface area contributed by atoms with Crippen molar-refractivity contribution in [1.29, 1.82) is 0 Å². The first-order valence-electron chi connectivity index (χ1n) is 8.16. The predicted molar refractivity (Wildman–Crippen MR) is 79.3 cm³/mol. The van der Waals surface area contributed by atoms with Gasteiger partial charge < -0.3 is 9.69 Å². The Balaban J connectivity index is 1.88. The fourth-order valence-electron chi connectivity index (χ4n) is 4.01. The monoisotopic (exact) mass is 266 g/mol. The maximum atomic E-state index is 11.6. The third-order valence-electron chi connectivity index (χ3n) is 5.21. The number of carbonyl (C=O) groups is 1. The molecule has 19 heavy (non-hydrogen) atoms. The first kappa shape index (κ1) is 15.0. The van der Waals surface area contributed by atoms with Gasteiger partial charge in [-0.1, -0.05) is 33.1 Å². The lowest BCUT2D eigenvalue weighted by molar-refractivity contribution is -0.119. The van der Waals surface area contributed by atoms with Gasteiger partial charge in [0.25, 0.3) is 0 Å². The number of likely N-dealkylation sites (N-methyl/N-ethyl adjacent to an activating group) is 1. The molecule has 0 N–H and O–H groups in total. The van der Waals surface area contributed by atoms with Gasteiger partial charge in [0.2, 0.25) is 0 Å². The molecule has 110 valence electrons. The Morgan fingerprint density at radius 1 is 1.21 bits per heavy atom. The van der Waals surface area contributed by atoms with E-state index in [9.17, 15) is 4.79 Å². The van der Waals surface area contributed by atoms with Crippen molar-refractivity contribution in [3.05, 3.63) is 0 Å². The molecule has 1 saturated carbocycles. The van der Waals surface area contributed by atoms with Crippen molar-refractivity contribution in [2.24, 2.45) is 5.41 Å². The van der Waals surface area contributed by atoms with E-state index in [1.165, 1.54) is 38.5 Å². The lowest BCUT2D eigenvalue weighted by Gasteiger charge is -2.36. The summed E-state index contributed by atoms with van der Waals surface area (Å²) in [5.41, 5.74) is -0.0175. The van der Waals surface area contributed by atoms with E-state index in [1.54, 1.807) is 0 Å². The highest BCUT2D eigenvalue weighted by molar-refractivity contribution is 5.60. The van der Waals surface area contributed by atoms with Crippen molar-refractivity contribution >= 4 is 6.29 Å². The Kier molecular flexibility index (Phi) is 5.40. The van der Waals surface area contributed by atoms with E-state index in [0.29, 0.717) is 6.04 Å². The summed E-state index contributed by atoms with van der Waals surface area (Å²) < 4.78 is 0. The normalized spacial score (nSPS) is 27.8. The Hall–Kier alpha value is -0.410. The van der Waals surface area contributed by atoms with Gasteiger partial charge in [0.15, 0.2) is 0 Å². The molecular formula is C16H30N2O. The van der Waals surface area contributed by atoms with Crippen LogP contribution in [-0.2, 0) is 4.79 Å². The van der Waals surface area contributed by atoms with Gasteiger partial charge in [-0.05, 0) is 38.9 Å². The molecule has 0 aromatic rings. The highest BCUT2D eigenvalue weighted by Gasteiger charge is 2.36. The number of nitrogens with zero attached hydrogens (tertiary/aromatic N) is 2. The van der Waals surface area contributed by atoms with E-state index in [4.69, 9.17) is 0 Å². The van der Waals surface area contributed by atoms with Crippen molar-refractivity contribution < 1.29 is 4.79 Å². The largest absolute Gasteiger partial charge is 0.303 e. The molecule has 0 amide bonds. The molecule has 0 spiro atoms. The molecule has 0 bridgehead atoms. The van der Waals surface area contributed by atoms with Crippen molar-refractivity contribution in [2.45, 2.75) is 58.4 Å². The summed E-state index contributed by atoms with van der Waals surface area (Å²) in [7, 11) is 0. The molecule has 1 unspecified atom stereocenters. The van der Waals surface area contributed by atoms with Crippen LogP contribution in [-0.4, -0.2) is 54.9 Å². The molecule has 0 aromatic carbocycles. The van der Waals surface area contributed by atoms with Gasteiger partial charge in [0.05, 0.1) is 0 Å². The predicted octanol–water partition coefficient (Wildman–Crippen LogP) is 2.55. The maximum Gasteiger partial charge on any atom is 0.127 e. The molecular weight excluding hydrogens is 236 g/mol. The Morgan fingerprint density at radius 3 is 2.47 bits per heavy atom. The van der Waals surface area contributed by atoms with Crippen molar-refractivity contribution in [3.8, 4) is 0 Å². The molecule has 0 aromatic heterocycles. The second-order valence-corrected chi connectivity index (χ2v) is 6.44. The molecule has 1 aliphatic heterocycles. The highest BCUT2D eigenvalue weighted by Crippen LogP contribution is 2.36. The van der Waals surface area contributed by atoms with Gasteiger partial charge in [0.1, 0.15) is 6.29 Å². The van der Waals surface area contributed by atoms with Crippen LogP contribution in [0.5, 0.6) is 0 Å². The third-order valence-corrected chi connectivity index (χ3v) is 5.21. The molecule has 3 nitrogen and oxygen atoms in total. The molecule has 2 rings (SSSR count). The average Bonchev–Trinajstić information content (AvgIpc) is 2.89. The van der Waals surface area contributed by atoms with E-state index >= 15 is 0 Å². The number of aldehydes is 1. The van der Waals surface area contributed by atoms with Gasteiger partial charge in [-0.2, -0.15) is 0 Å². The van der Waals surface area contributed by atoms with Crippen LogP contribution in [0.1, 0.15) is 52.4 Å². The molecule has 2 aliphatic rings. The van der Waals surface area contributed by atoms with Crippen molar-refractivity contribution in [2.75, 3.05) is 32.7 Å². The molecule has 1 atom stereocenters. The molecule has 1 aliphatic carbocycles. The van der Waals surface area contributed by atoms with Crippen LogP contribution in [0.15, 0.2) is 0 Å². The summed E-state index contributed by atoms with van der Waals surface area (Å²) in [5, 5.41) is 0. The zero-order chi connectivity index (χ0) is 13.7. The standard InChI is InChI=1S/C16H30N2O/c1-3-18(4-2)15-8-11-17(12-15)13-16(14-19)9-6-5-7-10-16/h14-15H,3-13H2,1-2H3. The van der Waals surface area contributed by atoms with Crippen LogP contribution < -0.4 is 0 Å². The number of carbonyl (C=O) groups excluding carboxylic acids is 1. The molecule has 1 saturated heterocycles. The van der Waals surface area contributed by atoms with Crippen LogP contribution in [0.2, 0.25) is 0 Å². The van der Waals surface area contributed by atoms with Crippen molar-refractivity contribution in [3.63, 3.8) is 0 Å². The van der Waals surface area contributed by atoms with Gasteiger partial charge in [-0.15, -0.1) is 0 Å². The summed E-state index contributed by atoms with van der Waals surface area (Å²) in [6, 6.07) is 0.710. The third kappa shape index (κ3) is 3.57. The molecule has 1 heterocycles. The summed E-state index contributed by atoms with van der Waals surface area (Å²) in [6.07, 6.45) is 8.58. The lowest BCUT2D eigenvalue weighted by Crippen LogP contribution is -2.42. The molecule has 3 heteroatoms.